The van der Waals surface area contributed by atoms with E-state index in [0.29, 0.717) is 29.4 Å². The number of hydrogen-bond acceptors (Lipinski definition) is 4. The maximum absolute atomic E-state index is 13.8. The van der Waals surface area contributed by atoms with E-state index in [-0.39, 0.29) is 0 Å². The van der Waals surface area contributed by atoms with Crippen LogP contribution in [-0.2, 0) is 10.0 Å². The number of hydrogen-bond donors (Lipinski definition) is 0. The van der Waals surface area contributed by atoms with E-state index in [1.54, 1.807) is 35.7 Å². The molecule has 0 amide bonds. The fourth-order valence-corrected chi connectivity index (χ4v) is 5.71. The molecular weight excluding hydrogens is 420 g/mol. The van der Waals surface area contributed by atoms with E-state index in [0.717, 1.165) is 24.2 Å². The molecule has 1 saturated heterocycles. The van der Waals surface area contributed by atoms with Crippen molar-refractivity contribution in [1.29, 1.82) is 0 Å². The first-order chi connectivity index (χ1) is 15.6. The normalized spacial score (nSPS) is 14.8. The molecule has 5 nitrogen and oxygen atoms in total. The Hall–Kier alpha value is -2.83. The topological polar surface area (TPSA) is 49.9 Å². The van der Waals surface area contributed by atoms with Crippen molar-refractivity contribution in [1.82, 2.24) is 4.90 Å². The van der Waals surface area contributed by atoms with Crippen molar-refractivity contribution in [2.75, 3.05) is 37.6 Å². The number of ether oxygens (including phenoxy) is 1. The highest BCUT2D eigenvalue weighted by molar-refractivity contribution is 7.92. The Labute approximate surface area is 191 Å². The minimum absolute atomic E-state index is 0.300. The molecule has 168 valence electrons. The molecule has 1 aliphatic heterocycles. The highest BCUT2D eigenvalue weighted by Gasteiger charge is 2.28. The van der Waals surface area contributed by atoms with Crippen molar-refractivity contribution < 1.29 is 13.2 Å². The zero-order chi connectivity index (χ0) is 22.4. The second-order valence-corrected chi connectivity index (χ2v) is 9.90. The Morgan fingerprint density at radius 3 is 2.19 bits per heavy atom. The number of nitrogens with zero attached hydrogens (tertiary/aromatic N) is 2. The molecule has 0 N–H and O–H groups in total. The smallest absolute Gasteiger partial charge is 0.264 e. The molecule has 3 aromatic carbocycles. The summed E-state index contributed by atoms with van der Waals surface area (Å²) in [5.74, 6) is 0.695. The summed E-state index contributed by atoms with van der Waals surface area (Å²) in [7, 11) is -2.12. The summed E-state index contributed by atoms with van der Waals surface area (Å²) in [4.78, 5) is 2.66. The van der Waals surface area contributed by atoms with Gasteiger partial charge in [-0.3, -0.25) is 4.31 Å². The summed E-state index contributed by atoms with van der Waals surface area (Å²) in [6.07, 6.45) is 3.59. The lowest BCUT2D eigenvalue weighted by molar-refractivity contribution is 0.235. The van der Waals surface area contributed by atoms with Crippen LogP contribution >= 0.6 is 0 Å². The number of benzene rings is 3. The van der Waals surface area contributed by atoms with Gasteiger partial charge in [0, 0.05) is 18.7 Å². The lowest BCUT2D eigenvalue weighted by Crippen LogP contribution is -2.40. The van der Waals surface area contributed by atoms with Crippen molar-refractivity contribution in [3.8, 4) is 16.9 Å². The number of likely N-dealkylation sites (tertiary alicyclic amines) is 1. The van der Waals surface area contributed by atoms with Gasteiger partial charge >= 0.3 is 0 Å². The molecule has 6 heteroatoms. The zero-order valence-electron chi connectivity index (χ0n) is 18.5. The summed E-state index contributed by atoms with van der Waals surface area (Å²) < 4.78 is 34.7. The van der Waals surface area contributed by atoms with Gasteiger partial charge in [-0.1, -0.05) is 55.0 Å². The third-order valence-electron chi connectivity index (χ3n) is 5.96. The molecule has 0 aliphatic carbocycles. The minimum Gasteiger partial charge on any atom is -0.497 e. The first-order valence-electron chi connectivity index (χ1n) is 11.1. The SMILES string of the molecule is COc1ccc(N(CCN2CCCCC2)S(=O)(=O)c2ccccc2)c(-c2ccccc2)c1. The van der Waals surface area contributed by atoms with Gasteiger partial charge in [0.15, 0.2) is 0 Å². The molecule has 0 saturated carbocycles. The van der Waals surface area contributed by atoms with Crippen LogP contribution in [0.1, 0.15) is 19.3 Å². The van der Waals surface area contributed by atoms with Gasteiger partial charge in [-0.25, -0.2) is 8.42 Å². The number of methoxy groups -OCH3 is 1. The maximum atomic E-state index is 13.8. The number of sulfonamides is 1. The highest BCUT2D eigenvalue weighted by Crippen LogP contribution is 2.36. The predicted molar refractivity (Wildman–Crippen MR) is 130 cm³/mol. The van der Waals surface area contributed by atoms with E-state index in [9.17, 15) is 8.42 Å². The fraction of sp³-hybridized carbons (Fsp3) is 0.308. The van der Waals surface area contributed by atoms with E-state index in [2.05, 4.69) is 4.90 Å². The van der Waals surface area contributed by atoms with Crippen molar-refractivity contribution >= 4 is 15.7 Å². The summed E-state index contributed by atoms with van der Waals surface area (Å²) in [5, 5.41) is 0. The van der Waals surface area contributed by atoms with Crippen LogP contribution in [0, 0.1) is 0 Å². The van der Waals surface area contributed by atoms with Crippen LogP contribution in [-0.4, -0.2) is 46.6 Å². The Balaban J connectivity index is 1.79. The van der Waals surface area contributed by atoms with Crippen molar-refractivity contribution in [3.05, 3.63) is 78.9 Å². The molecule has 1 heterocycles. The molecule has 3 aromatic rings. The molecular formula is C26H30N2O3S. The van der Waals surface area contributed by atoms with Crippen LogP contribution < -0.4 is 9.04 Å². The average molecular weight is 451 g/mol. The van der Waals surface area contributed by atoms with Gasteiger partial charge in [0.25, 0.3) is 10.0 Å². The van der Waals surface area contributed by atoms with Gasteiger partial charge in [-0.05, 0) is 61.8 Å². The highest BCUT2D eigenvalue weighted by atomic mass is 32.2. The summed E-state index contributed by atoms with van der Waals surface area (Å²) in [6.45, 7) is 3.14. The maximum Gasteiger partial charge on any atom is 0.264 e. The van der Waals surface area contributed by atoms with Crippen molar-refractivity contribution in [2.45, 2.75) is 24.2 Å². The second kappa shape index (κ2) is 10.2. The molecule has 1 aliphatic rings. The molecule has 0 spiro atoms. The minimum atomic E-state index is -3.74. The van der Waals surface area contributed by atoms with E-state index in [4.69, 9.17) is 4.74 Å². The van der Waals surface area contributed by atoms with Crippen LogP contribution in [0.25, 0.3) is 11.1 Å². The van der Waals surface area contributed by atoms with Crippen LogP contribution in [0.4, 0.5) is 5.69 Å². The third kappa shape index (κ3) is 4.97. The van der Waals surface area contributed by atoms with Gasteiger partial charge in [0.1, 0.15) is 5.75 Å². The molecule has 0 bridgehead atoms. The fourth-order valence-electron chi connectivity index (χ4n) is 4.21. The quantitative estimate of drug-likeness (QED) is 0.482. The zero-order valence-corrected chi connectivity index (χ0v) is 19.3. The molecule has 1 fully saturated rings. The summed E-state index contributed by atoms with van der Waals surface area (Å²) in [5.41, 5.74) is 2.45. The lowest BCUT2D eigenvalue weighted by atomic mass is 10.0. The van der Waals surface area contributed by atoms with Gasteiger partial charge in [0.05, 0.1) is 17.7 Å². The van der Waals surface area contributed by atoms with Crippen molar-refractivity contribution in [2.24, 2.45) is 0 Å². The second-order valence-electron chi connectivity index (χ2n) is 8.04. The Morgan fingerprint density at radius 1 is 0.875 bits per heavy atom. The van der Waals surface area contributed by atoms with E-state index < -0.39 is 10.0 Å². The first-order valence-corrected chi connectivity index (χ1v) is 12.6. The molecule has 0 radical (unpaired) electrons. The van der Waals surface area contributed by atoms with Gasteiger partial charge < -0.3 is 9.64 Å². The van der Waals surface area contributed by atoms with E-state index in [1.165, 1.54) is 19.3 Å². The van der Waals surface area contributed by atoms with Crippen LogP contribution in [0.2, 0.25) is 0 Å². The van der Waals surface area contributed by atoms with Crippen LogP contribution in [0.3, 0.4) is 0 Å². The molecule has 4 rings (SSSR count). The predicted octanol–water partition coefficient (Wildman–Crippen LogP) is 5.04. The Bertz CT molecular complexity index is 1110. The van der Waals surface area contributed by atoms with E-state index >= 15 is 0 Å². The molecule has 0 aromatic heterocycles. The average Bonchev–Trinajstić information content (AvgIpc) is 2.86. The molecule has 32 heavy (non-hydrogen) atoms. The van der Waals surface area contributed by atoms with Gasteiger partial charge in [-0.2, -0.15) is 0 Å². The number of rotatable bonds is 8. The Kier molecular flexibility index (Phi) is 7.12. The van der Waals surface area contributed by atoms with Crippen LogP contribution in [0.15, 0.2) is 83.8 Å². The summed E-state index contributed by atoms with van der Waals surface area (Å²) in [6, 6.07) is 24.2. The first kappa shape index (κ1) is 22.4. The largest absolute Gasteiger partial charge is 0.497 e. The standard InChI is InChI=1S/C26H30N2O3S/c1-31-23-15-16-26(25(21-23)22-11-5-2-6-12-22)28(20-19-27-17-9-4-10-18-27)32(29,30)24-13-7-3-8-14-24/h2-3,5-8,11-16,21H,4,9-10,17-20H2,1H3. The number of anilines is 1. The number of piperidine rings is 1. The van der Waals surface area contributed by atoms with Gasteiger partial charge in [0.2, 0.25) is 0 Å². The lowest BCUT2D eigenvalue weighted by Gasteiger charge is -2.32. The Morgan fingerprint density at radius 2 is 1.53 bits per heavy atom. The van der Waals surface area contributed by atoms with Crippen LogP contribution in [0.5, 0.6) is 5.75 Å². The van der Waals surface area contributed by atoms with Gasteiger partial charge in [-0.15, -0.1) is 0 Å². The summed E-state index contributed by atoms with van der Waals surface area (Å²) >= 11 is 0. The molecule has 0 atom stereocenters. The molecule has 0 unspecified atom stereocenters. The monoisotopic (exact) mass is 450 g/mol. The van der Waals surface area contributed by atoms with E-state index in [1.807, 2.05) is 54.6 Å². The third-order valence-corrected chi connectivity index (χ3v) is 7.78. The van der Waals surface area contributed by atoms with Crippen molar-refractivity contribution in [3.63, 3.8) is 0 Å².